The van der Waals surface area contributed by atoms with Gasteiger partial charge in [-0.25, -0.2) is 9.78 Å². The zero-order valence-corrected chi connectivity index (χ0v) is 12.9. The molecular formula is C18H12N2O2S. The molecule has 23 heavy (non-hydrogen) atoms. The number of imidazole rings is 1. The van der Waals surface area contributed by atoms with E-state index in [9.17, 15) is 4.79 Å². The van der Waals surface area contributed by atoms with Crippen molar-refractivity contribution in [3.05, 3.63) is 76.4 Å². The number of aromatic amines is 1. The van der Waals surface area contributed by atoms with Gasteiger partial charge in [0.05, 0.1) is 15.9 Å². The highest BCUT2D eigenvalue weighted by atomic mass is 32.1. The Morgan fingerprint density at radius 1 is 1.13 bits per heavy atom. The molecule has 4 nitrogen and oxygen atoms in total. The predicted molar refractivity (Wildman–Crippen MR) is 94.0 cm³/mol. The smallest absolute Gasteiger partial charge is 0.339 e. The zero-order chi connectivity index (χ0) is 15.8. The molecule has 4 rings (SSSR count). The molecule has 1 N–H and O–H groups in total. The SMILES string of the molecule is O=c1oc2ccccc2cc1CC(=S)c1nc2ccccc2[nH]1. The van der Waals surface area contributed by atoms with Crippen molar-refractivity contribution in [2.24, 2.45) is 0 Å². The van der Waals surface area contributed by atoms with E-state index in [2.05, 4.69) is 9.97 Å². The molecule has 0 amide bonds. The monoisotopic (exact) mass is 320 g/mol. The van der Waals surface area contributed by atoms with E-state index in [-0.39, 0.29) is 5.63 Å². The maximum absolute atomic E-state index is 12.1. The van der Waals surface area contributed by atoms with Gasteiger partial charge in [0.15, 0.2) is 0 Å². The van der Waals surface area contributed by atoms with Crippen LogP contribution in [0.5, 0.6) is 0 Å². The fourth-order valence-electron chi connectivity index (χ4n) is 2.57. The molecule has 0 bridgehead atoms. The molecule has 4 aromatic rings. The first-order chi connectivity index (χ1) is 11.2. The van der Waals surface area contributed by atoms with E-state index >= 15 is 0 Å². The van der Waals surface area contributed by atoms with E-state index in [4.69, 9.17) is 16.6 Å². The van der Waals surface area contributed by atoms with Crippen LogP contribution >= 0.6 is 12.2 Å². The summed E-state index contributed by atoms with van der Waals surface area (Å²) in [6.45, 7) is 0. The van der Waals surface area contributed by atoms with Gasteiger partial charge in [-0.1, -0.05) is 42.5 Å². The van der Waals surface area contributed by atoms with E-state index in [0.29, 0.717) is 28.3 Å². The number of rotatable bonds is 3. The summed E-state index contributed by atoms with van der Waals surface area (Å²) in [5.41, 5.74) is 2.54. The number of benzene rings is 2. The first-order valence-electron chi connectivity index (χ1n) is 7.20. The highest BCUT2D eigenvalue weighted by Gasteiger charge is 2.12. The summed E-state index contributed by atoms with van der Waals surface area (Å²) in [6, 6.07) is 17.0. The van der Waals surface area contributed by atoms with Crippen molar-refractivity contribution < 1.29 is 4.42 Å². The minimum Gasteiger partial charge on any atom is -0.423 e. The van der Waals surface area contributed by atoms with E-state index in [1.807, 2.05) is 48.5 Å². The Morgan fingerprint density at radius 3 is 2.78 bits per heavy atom. The van der Waals surface area contributed by atoms with E-state index in [1.54, 1.807) is 6.07 Å². The van der Waals surface area contributed by atoms with Crippen molar-refractivity contribution in [1.82, 2.24) is 9.97 Å². The van der Waals surface area contributed by atoms with Crippen LogP contribution in [0.1, 0.15) is 11.4 Å². The lowest BCUT2D eigenvalue weighted by atomic mass is 10.1. The van der Waals surface area contributed by atoms with Crippen LogP contribution in [0.15, 0.2) is 63.8 Å². The Kier molecular flexibility index (Phi) is 3.28. The normalized spacial score (nSPS) is 11.1. The number of nitrogens with one attached hydrogen (secondary N) is 1. The van der Waals surface area contributed by atoms with Crippen molar-refractivity contribution in [2.75, 3.05) is 0 Å². The van der Waals surface area contributed by atoms with Crippen molar-refractivity contribution in [2.45, 2.75) is 6.42 Å². The van der Waals surface area contributed by atoms with Gasteiger partial charge in [0, 0.05) is 17.4 Å². The van der Waals surface area contributed by atoms with Gasteiger partial charge in [-0.2, -0.15) is 0 Å². The van der Waals surface area contributed by atoms with E-state index in [1.165, 1.54) is 0 Å². The van der Waals surface area contributed by atoms with Gasteiger partial charge in [-0.3, -0.25) is 0 Å². The lowest BCUT2D eigenvalue weighted by Gasteiger charge is -2.02. The minimum atomic E-state index is -0.359. The average Bonchev–Trinajstić information content (AvgIpc) is 3.00. The highest BCUT2D eigenvalue weighted by molar-refractivity contribution is 7.80. The number of fused-ring (bicyclic) bond motifs is 2. The number of H-pyrrole nitrogens is 1. The third kappa shape index (κ3) is 2.55. The van der Waals surface area contributed by atoms with Gasteiger partial charge in [0.1, 0.15) is 11.4 Å². The first-order valence-corrected chi connectivity index (χ1v) is 7.61. The first kappa shape index (κ1) is 13.8. The van der Waals surface area contributed by atoms with Gasteiger partial charge >= 0.3 is 5.63 Å². The molecule has 5 heteroatoms. The Morgan fingerprint density at radius 2 is 1.91 bits per heavy atom. The maximum Gasteiger partial charge on any atom is 0.339 e. The molecule has 0 saturated carbocycles. The van der Waals surface area contributed by atoms with Crippen LogP contribution in [0.3, 0.4) is 0 Å². The van der Waals surface area contributed by atoms with Crippen LogP contribution in [-0.2, 0) is 6.42 Å². The second-order valence-corrected chi connectivity index (χ2v) is 5.79. The van der Waals surface area contributed by atoms with Crippen molar-refractivity contribution in [3.63, 3.8) is 0 Å². The molecule has 0 fully saturated rings. The van der Waals surface area contributed by atoms with E-state index in [0.717, 1.165) is 16.4 Å². The van der Waals surface area contributed by atoms with Crippen LogP contribution in [0, 0.1) is 0 Å². The van der Waals surface area contributed by atoms with Gasteiger partial charge in [-0.05, 0) is 24.3 Å². The number of hydrogen-bond donors (Lipinski definition) is 1. The quantitative estimate of drug-likeness (QED) is 0.356. The summed E-state index contributed by atoms with van der Waals surface area (Å²) in [7, 11) is 0. The molecule has 112 valence electrons. The maximum atomic E-state index is 12.1. The molecule has 0 radical (unpaired) electrons. The topological polar surface area (TPSA) is 58.9 Å². The third-order valence-corrected chi connectivity index (χ3v) is 4.06. The summed E-state index contributed by atoms with van der Waals surface area (Å²) in [4.78, 5) is 20.4. The highest BCUT2D eigenvalue weighted by Crippen LogP contribution is 2.15. The molecule has 0 aliphatic carbocycles. The summed E-state index contributed by atoms with van der Waals surface area (Å²) in [6.07, 6.45) is 0.322. The van der Waals surface area contributed by atoms with Crippen LogP contribution in [0.4, 0.5) is 0 Å². The minimum absolute atomic E-state index is 0.322. The molecule has 2 aromatic carbocycles. The van der Waals surface area contributed by atoms with Crippen LogP contribution < -0.4 is 5.63 Å². The zero-order valence-electron chi connectivity index (χ0n) is 12.1. The molecule has 0 aliphatic heterocycles. The standard InChI is InChI=1S/C18H12N2O2S/c21-18-12(9-11-5-1-4-8-15(11)22-18)10-16(23)17-19-13-6-2-3-7-14(13)20-17/h1-9H,10H2,(H,19,20). The summed E-state index contributed by atoms with van der Waals surface area (Å²) in [5, 5.41) is 0.884. The lowest BCUT2D eigenvalue weighted by molar-refractivity contribution is 0.554. The van der Waals surface area contributed by atoms with E-state index < -0.39 is 0 Å². The second kappa shape index (κ2) is 5.44. The molecule has 0 spiro atoms. The Labute approximate surface area is 136 Å². The summed E-state index contributed by atoms with van der Waals surface area (Å²) < 4.78 is 5.34. The van der Waals surface area contributed by atoms with Gasteiger partial charge in [-0.15, -0.1) is 0 Å². The largest absolute Gasteiger partial charge is 0.423 e. The Balaban J connectivity index is 1.70. The molecule has 0 unspecified atom stereocenters. The lowest BCUT2D eigenvalue weighted by Crippen LogP contribution is -2.13. The van der Waals surface area contributed by atoms with Gasteiger partial charge in [0.25, 0.3) is 0 Å². The second-order valence-electron chi connectivity index (χ2n) is 5.30. The fraction of sp³-hybridized carbons (Fsp3) is 0.0556. The van der Waals surface area contributed by atoms with Crippen molar-refractivity contribution in [3.8, 4) is 0 Å². The Bertz CT molecular complexity index is 1060. The van der Waals surface area contributed by atoms with Gasteiger partial charge < -0.3 is 9.40 Å². The average molecular weight is 320 g/mol. The summed E-state index contributed by atoms with van der Waals surface area (Å²) in [5.74, 6) is 0.619. The summed E-state index contributed by atoms with van der Waals surface area (Å²) >= 11 is 5.45. The van der Waals surface area contributed by atoms with Crippen LogP contribution in [0.25, 0.3) is 22.0 Å². The van der Waals surface area contributed by atoms with Crippen molar-refractivity contribution >= 4 is 39.1 Å². The number of hydrogen-bond acceptors (Lipinski definition) is 4. The molecular weight excluding hydrogens is 308 g/mol. The molecule has 2 heterocycles. The van der Waals surface area contributed by atoms with Crippen LogP contribution in [0.2, 0.25) is 0 Å². The van der Waals surface area contributed by atoms with Crippen molar-refractivity contribution in [1.29, 1.82) is 0 Å². The number of aromatic nitrogens is 2. The molecule has 0 saturated heterocycles. The molecule has 0 aliphatic rings. The Hall–Kier alpha value is -2.79. The van der Waals surface area contributed by atoms with Crippen LogP contribution in [-0.4, -0.2) is 14.8 Å². The predicted octanol–water partition coefficient (Wildman–Crippen LogP) is 3.63. The van der Waals surface area contributed by atoms with Gasteiger partial charge in [0.2, 0.25) is 0 Å². The third-order valence-electron chi connectivity index (χ3n) is 3.72. The number of nitrogens with zero attached hydrogens (tertiary/aromatic N) is 1. The fourth-order valence-corrected chi connectivity index (χ4v) is 2.82. The number of thiocarbonyl (C=S) groups is 1. The molecule has 0 atom stereocenters. The molecule has 2 aromatic heterocycles. The number of para-hydroxylation sites is 3.